The van der Waals surface area contributed by atoms with Crippen LogP contribution in [-0.4, -0.2) is 20.8 Å². The highest BCUT2D eigenvalue weighted by molar-refractivity contribution is 6.31. The van der Waals surface area contributed by atoms with E-state index in [1.165, 1.54) is 6.42 Å². The van der Waals surface area contributed by atoms with Gasteiger partial charge in [-0.3, -0.25) is 4.90 Å². The summed E-state index contributed by atoms with van der Waals surface area (Å²) in [5, 5.41) is 8.25. The largest absolute Gasteiger partial charge is 0.326 e. The quantitative estimate of drug-likeness (QED) is 0.643. The van der Waals surface area contributed by atoms with Gasteiger partial charge in [-0.25, -0.2) is 14.5 Å². The number of anilines is 2. The molecule has 0 saturated carbocycles. The van der Waals surface area contributed by atoms with Crippen molar-refractivity contribution in [3.8, 4) is 0 Å². The highest BCUT2D eigenvalue weighted by Crippen LogP contribution is 2.28. The number of amides is 2. The highest BCUT2D eigenvalue weighted by Gasteiger charge is 2.22. The van der Waals surface area contributed by atoms with E-state index in [4.69, 9.17) is 16.6 Å². The number of benzene rings is 2. The normalized spacial score (nSPS) is 13.4. The van der Waals surface area contributed by atoms with Crippen molar-refractivity contribution >= 4 is 29.0 Å². The minimum absolute atomic E-state index is 0.244. The van der Waals surface area contributed by atoms with Gasteiger partial charge in [-0.1, -0.05) is 42.3 Å². The van der Waals surface area contributed by atoms with Crippen LogP contribution in [0.1, 0.15) is 36.5 Å². The van der Waals surface area contributed by atoms with Gasteiger partial charge in [0, 0.05) is 23.7 Å². The summed E-state index contributed by atoms with van der Waals surface area (Å²) in [6, 6.07) is 14.7. The van der Waals surface area contributed by atoms with E-state index in [9.17, 15) is 4.79 Å². The zero-order valence-corrected chi connectivity index (χ0v) is 17.2. The minimum Gasteiger partial charge on any atom is -0.308 e. The van der Waals surface area contributed by atoms with Crippen molar-refractivity contribution in [1.29, 1.82) is 0 Å². The van der Waals surface area contributed by atoms with Crippen molar-refractivity contribution in [2.75, 3.05) is 10.2 Å². The first-order valence-electron chi connectivity index (χ1n) is 9.93. The fourth-order valence-corrected chi connectivity index (χ4v) is 3.76. The first-order chi connectivity index (χ1) is 14.1. The minimum atomic E-state index is -0.244. The molecular formula is C22H24ClN5O. The molecule has 0 radical (unpaired) electrons. The summed E-state index contributed by atoms with van der Waals surface area (Å²) in [5.41, 5.74) is 2.32. The third-order valence-electron chi connectivity index (χ3n) is 5.16. The molecule has 3 aromatic rings. The number of aryl methyl sites for hydroxylation is 2. The van der Waals surface area contributed by atoms with Gasteiger partial charge in [0.2, 0.25) is 0 Å². The lowest BCUT2D eigenvalue weighted by molar-refractivity contribution is 0.256. The number of carbonyl (C=O) groups excluding carboxylic acids is 1. The SMILES string of the molecule is Cc1c(Cl)cccc1N(Cc1nc2n(n1)CCCCC2)C(=O)Nc1ccccc1. The van der Waals surface area contributed by atoms with Gasteiger partial charge in [-0.15, -0.1) is 0 Å². The van der Waals surface area contributed by atoms with Crippen LogP contribution in [0.25, 0.3) is 0 Å². The average Bonchev–Trinajstić information content (AvgIpc) is 2.97. The van der Waals surface area contributed by atoms with Gasteiger partial charge in [0.1, 0.15) is 5.82 Å². The monoisotopic (exact) mass is 409 g/mol. The van der Waals surface area contributed by atoms with E-state index in [1.54, 1.807) is 4.90 Å². The van der Waals surface area contributed by atoms with Crippen LogP contribution >= 0.6 is 11.6 Å². The fraction of sp³-hybridized carbons (Fsp3) is 0.318. The predicted molar refractivity (Wildman–Crippen MR) is 115 cm³/mol. The second kappa shape index (κ2) is 8.66. The maximum Gasteiger partial charge on any atom is 0.326 e. The van der Waals surface area contributed by atoms with Gasteiger partial charge in [0.15, 0.2) is 5.82 Å². The summed E-state index contributed by atoms with van der Waals surface area (Å²) in [6.45, 7) is 3.07. The first-order valence-corrected chi connectivity index (χ1v) is 10.3. The van der Waals surface area contributed by atoms with Crippen LogP contribution in [0.2, 0.25) is 5.02 Å². The molecule has 7 heteroatoms. The molecular weight excluding hydrogens is 386 g/mol. The van der Waals surface area contributed by atoms with E-state index in [0.29, 0.717) is 10.8 Å². The smallest absolute Gasteiger partial charge is 0.308 e. The number of halogens is 1. The Morgan fingerprint density at radius 2 is 1.97 bits per heavy atom. The number of nitrogens with one attached hydrogen (secondary N) is 1. The second-order valence-electron chi connectivity index (χ2n) is 7.24. The van der Waals surface area contributed by atoms with Crippen molar-refractivity contribution in [2.45, 2.75) is 45.7 Å². The van der Waals surface area contributed by atoms with E-state index in [0.717, 1.165) is 48.6 Å². The summed E-state index contributed by atoms with van der Waals surface area (Å²) in [6.07, 6.45) is 4.37. The van der Waals surface area contributed by atoms with Crippen LogP contribution in [0, 0.1) is 6.92 Å². The van der Waals surface area contributed by atoms with Crippen LogP contribution in [0.15, 0.2) is 48.5 Å². The average molecular weight is 410 g/mol. The van der Waals surface area contributed by atoms with E-state index in [1.807, 2.05) is 60.1 Å². The van der Waals surface area contributed by atoms with Gasteiger partial charge in [0.05, 0.1) is 12.2 Å². The van der Waals surface area contributed by atoms with E-state index >= 15 is 0 Å². The number of carbonyl (C=O) groups is 1. The van der Waals surface area contributed by atoms with Crippen molar-refractivity contribution in [1.82, 2.24) is 14.8 Å². The Balaban J connectivity index is 1.65. The number of fused-ring (bicyclic) bond motifs is 1. The molecule has 1 aliphatic rings. The number of aromatic nitrogens is 3. The molecule has 1 aliphatic heterocycles. The van der Waals surface area contributed by atoms with Crippen LogP contribution < -0.4 is 10.2 Å². The molecule has 29 heavy (non-hydrogen) atoms. The second-order valence-corrected chi connectivity index (χ2v) is 7.65. The van der Waals surface area contributed by atoms with Crippen LogP contribution in [0.4, 0.5) is 16.2 Å². The lowest BCUT2D eigenvalue weighted by Crippen LogP contribution is -2.35. The van der Waals surface area contributed by atoms with Crippen molar-refractivity contribution < 1.29 is 4.79 Å². The Morgan fingerprint density at radius 1 is 1.14 bits per heavy atom. The summed E-state index contributed by atoms with van der Waals surface area (Å²) >= 11 is 6.33. The Labute approximate surface area is 175 Å². The van der Waals surface area contributed by atoms with Crippen LogP contribution in [-0.2, 0) is 19.5 Å². The number of hydrogen-bond acceptors (Lipinski definition) is 3. The van der Waals surface area contributed by atoms with E-state index in [-0.39, 0.29) is 12.6 Å². The zero-order chi connectivity index (χ0) is 20.2. The molecule has 2 aromatic carbocycles. The number of nitrogens with zero attached hydrogens (tertiary/aromatic N) is 4. The molecule has 0 unspecified atom stereocenters. The third kappa shape index (κ3) is 4.43. The lowest BCUT2D eigenvalue weighted by Gasteiger charge is -2.24. The summed E-state index contributed by atoms with van der Waals surface area (Å²) in [7, 11) is 0. The van der Waals surface area contributed by atoms with Gasteiger partial charge in [0.25, 0.3) is 0 Å². The molecule has 2 amide bonds. The molecule has 2 heterocycles. The first kappa shape index (κ1) is 19.5. The summed E-state index contributed by atoms with van der Waals surface area (Å²) in [4.78, 5) is 19.6. The Morgan fingerprint density at radius 3 is 2.79 bits per heavy atom. The van der Waals surface area contributed by atoms with Crippen LogP contribution in [0.5, 0.6) is 0 Å². The maximum absolute atomic E-state index is 13.2. The summed E-state index contributed by atoms with van der Waals surface area (Å²) < 4.78 is 1.99. The number of para-hydroxylation sites is 1. The molecule has 150 valence electrons. The summed E-state index contributed by atoms with van der Waals surface area (Å²) in [5.74, 6) is 1.65. The molecule has 6 nitrogen and oxygen atoms in total. The van der Waals surface area contributed by atoms with Crippen molar-refractivity contribution in [3.63, 3.8) is 0 Å². The van der Waals surface area contributed by atoms with Crippen molar-refractivity contribution in [2.24, 2.45) is 0 Å². The molecule has 1 aromatic heterocycles. The molecule has 1 N–H and O–H groups in total. The standard InChI is InChI=1S/C22H24ClN5O/c1-16-18(23)11-8-12-19(16)27(22(29)24-17-9-4-2-5-10-17)15-20-25-21-13-6-3-7-14-28(21)26-20/h2,4-5,8-12H,3,6-7,13-15H2,1H3,(H,24,29). The highest BCUT2D eigenvalue weighted by atomic mass is 35.5. The van der Waals surface area contributed by atoms with Gasteiger partial charge < -0.3 is 5.32 Å². The van der Waals surface area contributed by atoms with Gasteiger partial charge in [-0.05, 0) is 49.6 Å². The molecule has 0 aliphatic carbocycles. The Bertz CT molecular complexity index is 978. The Hall–Kier alpha value is -2.86. The topological polar surface area (TPSA) is 63.1 Å². The van der Waals surface area contributed by atoms with E-state index < -0.39 is 0 Å². The van der Waals surface area contributed by atoms with Crippen LogP contribution in [0.3, 0.4) is 0 Å². The molecule has 0 fully saturated rings. The molecule has 0 saturated heterocycles. The zero-order valence-electron chi connectivity index (χ0n) is 16.4. The lowest BCUT2D eigenvalue weighted by atomic mass is 10.2. The van der Waals surface area contributed by atoms with Gasteiger partial charge >= 0.3 is 6.03 Å². The predicted octanol–water partition coefficient (Wildman–Crippen LogP) is 5.21. The number of hydrogen-bond donors (Lipinski definition) is 1. The van der Waals surface area contributed by atoms with Gasteiger partial charge in [-0.2, -0.15) is 5.10 Å². The molecule has 0 bridgehead atoms. The number of rotatable bonds is 4. The Kier molecular flexibility index (Phi) is 5.81. The van der Waals surface area contributed by atoms with E-state index in [2.05, 4.69) is 10.4 Å². The molecule has 4 rings (SSSR count). The maximum atomic E-state index is 13.2. The molecule has 0 atom stereocenters. The van der Waals surface area contributed by atoms with Crippen molar-refractivity contribution in [3.05, 3.63) is 70.8 Å². The number of urea groups is 1. The third-order valence-corrected chi connectivity index (χ3v) is 5.57. The molecule has 0 spiro atoms. The fourth-order valence-electron chi connectivity index (χ4n) is 3.59.